The Labute approximate surface area is 128 Å². The van der Waals surface area contributed by atoms with E-state index < -0.39 is 0 Å². The number of likely N-dealkylation sites (tertiary alicyclic amines) is 1. The van der Waals surface area contributed by atoms with Crippen molar-refractivity contribution in [1.82, 2.24) is 24.8 Å². The maximum absolute atomic E-state index is 12.6. The van der Waals surface area contributed by atoms with Gasteiger partial charge >= 0.3 is 0 Å². The molecule has 1 atom stereocenters. The zero-order valence-electron chi connectivity index (χ0n) is 12.6. The number of carbonyl (C=O) groups excluding carboxylic acids is 1. The molecule has 2 aromatic heterocycles. The van der Waals surface area contributed by atoms with Crippen LogP contribution in [0.1, 0.15) is 54.9 Å². The van der Waals surface area contributed by atoms with Gasteiger partial charge in [-0.25, -0.2) is 0 Å². The topological polar surface area (TPSA) is 77.0 Å². The molecule has 7 nitrogen and oxygen atoms in total. The largest absolute Gasteiger partial charge is 0.339 e. The van der Waals surface area contributed by atoms with Crippen molar-refractivity contribution < 1.29 is 9.32 Å². The normalized spacial score (nSPS) is 21.5. The van der Waals surface area contributed by atoms with Crippen molar-refractivity contribution in [3.63, 3.8) is 0 Å². The second-order valence-corrected chi connectivity index (χ2v) is 6.21. The van der Waals surface area contributed by atoms with Crippen molar-refractivity contribution in [1.29, 1.82) is 0 Å². The first-order valence-corrected chi connectivity index (χ1v) is 7.81. The van der Waals surface area contributed by atoms with Gasteiger partial charge < -0.3 is 9.42 Å². The number of rotatable bonds is 4. The van der Waals surface area contributed by atoms with Crippen LogP contribution in [0.25, 0.3) is 0 Å². The molecule has 2 fully saturated rings. The summed E-state index contributed by atoms with van der Waals surface area (Å²) in [6.07, 6.45) is 8.15. The molecule has 1 aliphatic heterocycles. The fourth-order valence-corrected chi connectivity index (χ4v) is 3.05. The van der Waals surface area contributed by atoms with Crippen LogP contribution in [0, 0.1) is 0 Å². The predicted molar refractivity (Wildman–Crippen MR) is 76.9 cm³/mol. The summed E-state index contributed by atoms with van der Waals surface area (Å²) in [4.78, 5) is 19.0. The molecule has 0 radical (unpaired) electrons. The maximum Gasteiger partial charge on any atom is 0.229 e. The number of nitrogens with zero attached hydrogens (tertiary/aromatic N) is 5. The molecule has 22 heavy (non-hydrogen) atoms. The smallest absolute Gasteiger partial charge is 0.229 e. The number of aromatic nitrogens is 4. The van der Waals surface area contributed by atoms with Crippen LogP contribution in [0.5, 0.6) is 0 Å². The van der Waals surface area contributed by atoms with E-state index in [4.69, 9.17) is 4.52 Å². The van der Waals surface area contributed by atoms with Gasteiger partial charge in [-0.15, -0.1) is 0 Å². The van der Waals surface area contributed by atoms with Crippen LogP contribution in [-0.4, -0.2) is 37.3 Å². The Hall–Kier alpha value is -2.18. The molecule has 2 aromatic rings. The highest BCUT2D eigenvalue weighted by Gasteiger charge is 2.36. The molecule has 7 heteroatoms. The van der Waals surface area contributed by atoms with Crippen molar-refractivity contribution in [2.45, 2.75) is 44.1 Å². The molecule has 1 saturated heterocycles. The molecular weight excluding hydrogens is 282 g/mol. The number of aryl methyl sites for hydroxylation is 1. The molecule has 1 saturated carbocycles. The van der Waals surface area contributed by atoms with E-state index >= 15 is 0 Å². The average molecular weight is 301 g/mol. The van der Waals surface area contributed by atoms with Crippen molar-refractivity contribution in [3.05, 3.63) is 29.7 Å². The Bertz CT molecular complexity index is 688. The molecule has 116 valence electrons. The molecule has 0 aromatic carbocycles. The van der Waals surface area contributed by atoms with Gasteiger partial charge in [0.15, 0.2) is 5.82 Å². The monoisotopic (exact) mass is 301 g/mol. The molecule has 1 amide bonds. The third-order valence-corrected chi connectivity index (χ3v) is 4.37. The number of hydrogen-bond acceptors (Lipinski definition) is 5. The summed E-state index contributed by atoms with van der Waals surface area (Å²) in [5, 5.41) is 8.22. The Morgan fingerprint density at radius 1 is 1.41 bits per heavy atom. The molecule has 0 bridgehead atoms. The molecule has 1 aliphatic carbocycles. The summed E-state index contributed by atoms with van der Waals surface area (Å²) in [7, 11) is 1.85. The lowest BCUT2D eigenvalue weighted by Crippen LogP contribution is -2.32. The lowest BCUT2D eigenvalue weighted by molar-refractivity contribution is -0.131. The Morgan fingerprint density at radius 3 is 3.00 bits per heavy atom. The first kappa shape index (κ1) is 13.5. The van der Waals surface area contributed by atoms with Crippen molar-refractivity contribution in [2.24, 2.45) is 7.05 Å². The molecule has 0 N–H and O–H groups in total. The van der Waals surface area contributed by atoms with E-state index in [1.807, 2.05) is 18.1 Å². The summed E-state index contributed by atoms with van der Waals surface area (Å²) < 4.78 is 7.05. The van der Waals surface area contributed by atoms with Crippen LogP contribution in [0.4, 0.5) is 0 Å². The lowest BCUT2D eigenvalue weighted by Gasteiger charge is -2.21. The molecule has 4 rings (SSSR count). The lowest BCUT2D eigenvalue weighted by atomic mass is 10.2. The van der Waals surface area contributed by atoms with Crippen LogP contribution in [0.15, 0.2) is 16.9 Å². The summed E-state index contributed by atoms with van der Waals surface area (Å²) >= 11 is 0. The highest BCUT2D eigenvalue weighted by atomic mass is 16.5. The zero-order valence-corrected chi connectivity index (χ0v) is 12.6. The number of hydrogen-bond donors (Lipinski definition) is 0. The Kier molecular flexibility index (Phi) is 3.20. The van der Waals surface area contributed by atoms with E-state index in [2.05, 4.69) is 15.2 Å². The van der Waals surface area contributed by atoms with Gasteiger partial charge in [-0.3, -0.25) is 9.48 Å². The van der Waals surface area contributed by atoms with E-state index in [1.165, 1.54) is 0 Å². The molecule has 2 aliphatic rings. The van der Waals surface area contributed by atoms with E-state index in [0.717, 1.165) is 43.7 Å². The summed E-state index contributed by atoms with van der Waals surface area (Å²) in [6.45, 7) is 0.761. The van der Waals surface area contributed by atoms with Crippen molar-refractivity contribution >= 4 is 5.91 Å². The van der Waals surface area contributed by atoms with Gasteiger partial charge in [-0.1, -0.05) is 5.16 Å². The van der Waals surface area contributed by atoms with Gasteiger partial charge in [-0.05, 0) is 31.2 Å². The Balaban J connectivity index is 1.48. The van der Waals surface area contributed by atoms with Gasteiger partial charge in [0.1, 0.15) is 0 Å². The summed E-state index contributed by atoms with van der Waals surface area (Å²) in [5.41, 5.74) is 0.935. The zero-order chi connectivity index (χ0) is 15.1. The fourth-order valence-electron chi connectivity index (χ4n) is 3.05. The first-order valence-electron chi connectivity index (χ1n) is 7.81. The van der Waals surface area contributed by atoms with Gasteiger partial charge in [0.2, 0.25) is 11.8 Å². The van der Waals surface area contributed by atoms with Gasteiger partial charge in [0.25, 0.3) is 0 Å². The molecular formula is C15H19N5O2. The highest BCUT2D eigenvalue weighted by molar-refractivity contribution is 5.79. The van der Waals surface area contributed by atoms with Gasteiger partial charge in [0.05, 0.1) is 18.7 Å². The minimum Gasteiger partial charge on any atom is -0.339 e. The predicted octanol–water partition coefficient (Wildman–Crippen LogP) is 1.59. The maximum atomic E-state index is 12.6. The quantitative estimate of drug-likeness (QED) is 0.857. The van der Waals surface area contributed by atoms with Gasteiger partial charge in [-0.2, -0.15) is 10.1 Å². The van der Waals surface area contributed by atoms with Crippen LogP contribution in [0.3, 0.4) is 0 Å². The standard InChI is InChI=1S/C15H19N5O2/c1-19-9-10(8-16-19)7-13(21)20-6-2-3-12(20)14-17-15(22-18-14)11-4-5-11/h8-9,11-12H,2-7H2,1H3/t12-/m1/s1. The number of carbonyl (C=O) groups is 1. The van der Waals surface area contributed by atoms with Crippen molar-refractivity contribution in [3.8, 4) is 0 Å². The van der Waals surface area contributed by atoms with Crippen molar-refractivity contribution in [2.75, 3.05) is 6.54 Å². The first-order chi connectivity index (χ1) is 10.7. The van der Waals surface area contributed by atoms with Crippen LogP contribution in [-0.2, 0) is 18.3 Å². The SMILES string of the molecule is Cn1cc(CC(=O)N2CCC[C@@H]2c2noc(C3CC3)n2)cn1. The third kappa shape index (κ3) is 2.51. The van der Waals surface area contributed by atoms with Gasteiger partial charge in [0, 0.05) is 25.7 Å². The molecule has 0 spiro atoms. The van der Waals surface area contributed by atoms with E-state index in [-0.39, 0.29) is 11.9 Å². The Morgan fingerprint density at radius 2 is 2.27 bits per heavy atom. The van der Waals surface area contributed by atoms with E-state index in [0.29, 0.717) is 18.2 Å². The second kappa shape index (κ2) is 5.23. The minimum atomic E-state index is -0.0413. The van der Waals surface area contributed by atoms with Crippen LogP contribution in [0.2, 0.25) is 0 Å². The highest BCUT2D eigenvalue weighted by Crippen LogP contribution is 2.40. The van der Waals surface area contributed by atoms with Crippen LogP contribution >= 0.6 is 0 Å². The third-order valence-electron chi connectivity index (χ3n) is 4.37. The molecule has 0 unspecified atom stereocenters. The summed E-state index contributed by atoms with van der Waals surface area (Å²) in [5.74, 6) is 1.95. The minimum absolute atomic E-state index is 0.0413. The second-order valence-electron chi connectivity index (χ2n) is 6.21. The number of amides is 1. The summed E-state index contributed by atoms with van der Waals surface area (Å²) in [6, 6.07) is -0.0413. The van der Waals surface area contributed by atoms with E-state index in [1.54, 1.807) is 10.9 Å². The average Bonchev–Trinajstić information content (AvgIpc) is 2.93. The fraction of sp³-hybridized carbons (Fsp3) is 0.600. The van der Waals surface area contributed by atoms with Crippen LogP contribution < -0.4 is 0 Å². The van der Waals surface area contributed by atoms with E-state index in [9.17, 15) is 4.79 Å². The molecule has 3 heterocycles.